The number of amides is 1. The zero-order valence-corrected chi connectivity index (χ0v) is 17.4. The van der Waals surface area contributed by atoms with Crippen LogP contribution < -0.4 is 15.6 Å². The third-order valence-corrected chi connectivity index (χ3v) is 4.85. The van der Waals surface area contributed by atoms with Crippen molar-refractivity contribution < 1.29 is 9.53 Å². The average Bonchev–Trinajstić information content (AvgIpc) is 2.83. The van der Waals surface area contributed by atoms with Crippen LogP contribution in [0.1, 0.15) is 33.2 Å². The van der Waals surface area contributed by atoms with Gasteiger partial charge in [0.05, 0.1) is 13.2 Å². The van der Waals surface area contributed by atoms with Gasteiger partial charge in [0.2, 0.25) is 0 Å². The molecule has 0 aliphatic carbocycles. The molecule has 2 N–H and O–H groups in total. The van der Waals surface area contributed by atoms with E-state index in [1.165, 1.54) is 12.4 Å². The SMILES string of the molecule is COc1ccc(C(NC(=O)c2cnc(-c3cccnn3)[nH]c2=O)c2ccc(C)nc2)cc1. The maximum Gasteiger partial charge on any atom is 0.264 e. The van der Waals surface area contributed by atoms with E-state index < -0.39 is 17.5 Å². The van der Waals surface area contributed by atoms with Crippen LogP contribution in [0.2, 0.25) is 0 Å². The maximum atomic E-state index is 13.0. The van der Waals surface area contributed by atoms with Gasteiger partial charge >= 0.3 is 0 Å². The van der Waals surface area contributed by atoms with Crippen LogP contribution in [-0.4, -0.2) is 38.2 Å². The molecule has 1 amide bonds. The van der Waals surface area contributed by atoms with Crippen molar-refractivity contribution in [3.05, 3.63) is 99.9 Å². The molecular formula is C23H20N6O3. The summed E-state index contributed by atoms with van der Waals surface area (Å²) >= 11 is 0. The third-order valence-electron chi connectivity index (χ3n) is 4.85. The first-order chi connectivity index (χ1) is 15.5. The van der Waals surface area contributed by atoms with E-state index >= 15 is 0 Å². The highest BCUT2D eigenvalue weighted by Gasteiger charge is 2.21. The largest absolute Gasteiger partial charge is 0.497 e. The van der Waals surface area contributed by atoms with E-state index in [2.05, 4.69) is 30.5 Å². The zero-order chi connectivity index (χ0) is 22.5. The molecular weight excluding hydrogens is 408 g/mol. The van der Waals surface area contributed by atoms with E-state index in [-0.39, 0.29) is 11.4 Å². The number of carbonyl (C=O) groups excluding carboxylic acids is 1. The Hall–Kier alpha value is -4.40. The number of nitrogens with one attached hydrogen (secondary N) is 2. The van der Waals surface area contributed by atoms with E-state index in [1.807, 2.05) is 31.2 Å². The normalized spacial score (nSPS) is 11.6. The first-order valence-corrected chi connectivity index (χ1v) is 9.80. The Morgan fingerprint density at radius 3 is 2.44 bits per heavy atom. The molecule has 3 heterocycles. The first-order valence-electron chi connectivity index (χ1n) is 9.80. The van der Waals surface area contributed by atoms with E-state index in [0.717, 1.165) is 16.8 Å². The number of H-pyrrole nitrogens is 1. The predicted molar refractivity (Wildman–Crippen MR) is 117 cm³/mol. The Balaban J connectivity index is 1.65. The number of aromatic nitrogens is 5. The minimum Gasteiger partial charge on any atom is -0.497 e. The fraction of sp³-hybridized carbons (Fsp3) is 0.130. The number of aryl methyl sites for hydroxylation is 1. The quantitative estimate of drug-likeness (QED) is 0.484. The summed E-state index contributed by atoms with van der Waals surface area (Å²) in [4.78, 5) is 36.7. The van der Waals surface area contributed by atoms with Gasteiger partial charge in [-0.05, 0) is 48.4 Å². The van der Waals surface area contributed by atoms with Gasteiger partial charge in [-0.15, -0.1) is 5.10 Å². The lowest BCUT2D eigenvalue weighted by Gasteiger charge is -2.20. The summed E-state index contributed by atoms with van der Waals surface area (Å²) in [5.74, 6) is 0.362. The third kappa shape index (κ3) is 4.51. The number of aromatic amines is 1. The van der Waals surface area contributed by atoms with Crippen molar-refractivity contribution in [2.24, 2.45) is 0 Å². The standard InChI is InChI=1S/C23H20N6O3/c1-14-5-6-16(12-24-14)20(15-7-9-17(32-2)10-8-15)27-22(30)18-13-25-21(28-23(18)31)19-4-3-11-26-29-19/h3-13,20H,1-2H3,(H,27,30)(H,25,28,31). The van der Waals surface area contributed by atoms with E-state index in [9.17, 15) is 9.59 Å². The molecule has 0 fully saturated rings. The van der Waals surface area contributed by atoms with Gasteiger partial charge in [-0.1, -0.05) is 18.2 Å². The topological polar surface area (TPSA) is 123 Å². The van der Waals surface area contributed by atoms with Crippen molar-refractivity contribution >= 4 is 5.91 Å². The van der Waals surface area contributed by atoms with Crippen LogP contribution in [0, 0.1) is 6.92 Å². The van der Waals surface area contributed by atoms with Crippen LogP contribution in [0.4, 0.5) is 0 Å². The van der Waals surface area contributed by atoms with Crippen LogP contribution in [0.3, 0.4) is 0 Å². The van der Waals surface area contributed by atoms with Gasteiger partial charge in [0.15, 0.2) is 5.82 Å². The molecule has 0 aliphatic rings. The zero-order valence-electron chi connectivity index (χ0n) is 17.4. The molecule has 0 saturated heterocycles. The summed E-state index contributed by atoms with van der Waals surface area (Å²) in [5.41, 5.74) is 2.15. The van der Waals surface area contributed by atoms with Gasteiger partial charge in [0.25, 0.3) is 11.5 Å². The number of rotatable bonds is 6. The number of carbonyl (C=O) groups is 1. The van der Waals surface area contributed by atoms with Crippen molar-refractivity contribution in [2.75, 3.05) is 7.11 Å². The van der Waals surface area contributed by atoms with Crippen LogP contribution in [-0.2, 0) is 0 Å². The Labute approximate surface area is 183 Å². The van der Waals surface area contributed by atoms with Crippen LogP contribution in [0.25, 0.3) is 11.5 Å². The molecule has 32 heavy (non-hydrogen) atoms. The fourth-order valence-corrected chi connectivity index (χ4v) is 3.13. The number of ether oxygens (including phenoxy) is 1. The fourth-order valence-electron chi connectivity index (χ4n) is 3.13. The van der Waals surface area contributed by atoms with E-state index in [4.69, 9.17) is 4.74 Å². The molecule has 0 bridgehead atoms. The Kier molecular flexibility index (Phi) is 5.98. The number of hydrogen-bond acceptors (Lipinski definition) is 7. The molecule has 4 aromatic rings. The summed E-state index contributed by atoms with van der Waals surface area (Å²) in [6.07, 6.45) is 4.45. The van der Waals surface area contributed by atoms with Crippen molar-refractivity contribution in [1.82, 2.24) is 30.5 Å². The second-order valence-electron chi connectivity index (χ2n) is 7.00. The monoisotopic (exact) mass is 428 g/mol. The summed E-state index contributed by atoms with van der Waals surface area (Å²) in [5, 5.41) is 10.6. The molecule has 0 radical (unpaired) electrons. The highest BCUT2D eigenvalue weighted by molar-refractivity contribution is 5.94. The van der Waals surface area contributed by atoms with E-state index in [0.29, 0.717) is 11.4 Å². The molecule has 3 aromatic heterocycles. The Morgan fingerprint density at radius 1 is 1.03 bits per heavy atom. The van der Waals surface area contributed by atoms with Crippen LogP contribution >= 0.6 is 0 Å². The van der Waals surface area contributed by atoms with Crippen molar-refractivity contribution in [3.8, 4) is 17.3 Å². The van der Waals surface area contributed by atoms with Gasteiger partial charge in [0, 0.05) is 24.3 Å². The molecule has 9 nitrogen and oxygen atoms in total. The Morgan fingerprint density at radius 2 is 1.81 bits per heavy atom. The number of hydrogen-bond donors (Lipinski definition) is 2. The highest BCUT2D eigenvalue weighted by Crippen LogP contribution is 2.24. The summed E-state index contributed by atoms with van der Waals surface area (Å²) in [6, 6.07) is 13.9. The Bertz CT molecular complexity index is 1270. The molecule has 0 spiro atoms. The minimum absolute atomic E-state index is 0.115. The van der Waals surface area contributed by atoms with Crippen LogP contribution in [0.5, 0.6) is 5.75 Å². The lowest BCUT2D eigenvalue weighted by molar-refractivity contribution is 0.0941. The summed E-state index contributed by atoms with van der Waals surface area (Å²) in [7, 11) is 1.59. The molecule has 9 heteroatoms. The summed E-state index contributed by atoms with van der Waals surface area (Å²) in [6.45, 7) is 1.88. The molecule has 4 rings (SSSR count). The molecule has 0 aliphatic heterocycles. The number of methoxy groups -OCH3 is 1. The average molecular weight is 428 g/mol. The lowest BCUT2D eigenvalue weighted by atomic mass is 9.99. The first kappa shape index (κ1) is 20.9. The molecule has 1 atom stereocenters. The number of pyridine rings is 1. The van der Waals surface area contributed by atoms with Gasteiger partial charge in [-0.2, -0.15) is 5.10 Å². The highest BCUT2D eigenvalue weighted by atomic mass is 16.5. The molecule has 160 valence electrons. The number of benzene rings is 1. The van der Waals surface area contributed by atoms with Crippen molar-refractivity contribution in [2.45, 2.75) is 13.0 Å². The van der Waals surface area contributed by atoms with Crippen molar-refractivity contribution in [3.63, 3.8) is 0 Å². The summed E-state index contributed by atoms with van der Waals surface area (Å²) < 4.78 is 5.22. The second kappa shape index (κ2) is 9.17. The van der Waals surface area contributed by atoms with Crippen molar-refractivity contribution in [1.29, 1.82) is 0 Å². The van der Waals surface area contributed by atoms with Crippen LogP contribution in [0.15, 0.2) is 71.9 Å². The predicted octanol–water partition coefficient (Wildman–Crippen LogP) is 2.46. The van der Waals surface area contributed by atoms with Gasteiger partial charge in [-0.25, -0.2) is 4.98 Å². The molecule has 1 aromatic carbocycles. The van der Waals surface area contributed by atoms with Gasteiger partial charge in [0.1, 0.15) is 17.0 Å². The van der Waals surface area contributed by atoms with Gasteiger partial charge in [-0.3, -0.25) is 14.6 Å². The lowest BCUT2D eigenvalue weighted by Crippen LogP contribution is -2.33. The second-order valence-corrected chi connectivity index (χ2v) is 7.00. The number of nitrogens with zero attached hydrogens (tertiary/aromatic N) is 4. The van der Waals surface area contributed by atoms with Gasteiger partial charge < -0.3 is 15.0 Å². The maximum absolute atomic E-state index is 13.0. The molecule has 0 saturated carbocycles. The van der Waals surface area contributed by atoms with E-state index in [1.54, 1.807) is 37.6 Å². The smallest absolute Gasteiger partial charge is 0.264 e. The molecule has 1 unspecified atom stereocenters. The minimum atomic E-state index is -0.575.